The number of benzene rings is 1. The minimum atomic E-state index is -0.388. The van der Waals surface area contributed by atoms with Gasteiger partial charge in [0.05, 0.1) is 0 Å². The van der Waals surface area contributed by atoms with Gasteiger partial charge in [-0.15, -0.1) is 0 Å². The number of rotatable bonds is 3. The standard InChI is InChI=1S/C25H32O6/c1-13-17-6-7-18-19(10-11-25(5)20(18)8-9-23(25)31-16(4)28)24(17)22(30-15(3)27)12-21(13)29-14(2)26/h12,18-20,23H,6-11H2,1-5H3/t18-,19-,20-,23+,25-/m1/s1. The molecule has 1 aromatic carbocycles. The van der Waals surface area contributed by atoms with Crippen LogP contribution >= 0.6 is 0 Å². The van der Waals surface area contributed by atoms with E-state index < -0.39 is 0 Å². The maximum absolute atomic E-state index is 11.9. The summed E-state index contributed by atoms with van der Waals surface area (Å²) in [5.41, 5.74) is 3.21. The largest absolute Gasteiger partial charge is 0.462 e. The van der Waals surface area contributed by atoms with Crippen LogP contribution in [0.1, 0.15) is 82.4 Å². The minimum Gasteiger partial charge on any atom is -0.462 e. The van der Waals surface area contributed by atoms with Gasteiger partial charge < -0.3 is 14.2 Å². The van der Waals surface area contributed by atoms with E-state index in [1.54, 1.807) is 6.07 Å². The van der Waals surface area contributed by atoms with E-state index in [2.05, 4.69) is 6.92 Å². The Morgan fingerprint density at radius 2 is 1.61 bits per heavy atom. The molecule has 0 N–H and O–H groups in total. The fourth-order valence-electron chi connectivity index (χ4n) is 6.74. The summed E-state index contributed by atoms with van der Waals surface area (Å²) in [7, 11) is 0. The van der Waals surface area contributed by atoms with Gasteiger partial charge >= 0.3 is 17.9 Å². The van der Waals surface area contributed by atoms with Gasteiger partial charge in [0, 0.05) is 37.8 Å². The van der Waals surface area contributed by atoms with Crippen molar-refractivity contribution in [2.45, 2.75) is 85.2 Å². The second kappa shape index (κ2) is 7.95. The van der Waals surface area contributed by atoms with Gasteiger partial charge in [-0.3, -0.25) is 14.4 Å². The molecule has 6 heteroatoms. The summed E-state index contributed by atoms with van der Waals surface area (Å²) >= 11 is 0. The Hall–Kier alpha value is -2.37. The van der Waals surface area contributed by atoms with Crippen LogP contribution in [-0.2, 0) is 25.5 Å². The van der Waals surface area contributed by atoms with E-state index in [-0.39, 0.29) is 35.3 Å². The lowest BCUT2D eigenvalue weighted by Crippen LogP contribution is -2.45. The zero-order valence-corrected chi connectivity index (χ0v) is 19.1. The number of fused-ring (bicyclic) bond motifs is 5. The maximum Gasteiger partial charge on any atom is 0.308 e. The average Bonchev–Trinajstić information content (AvgIpc) is 3.00. The predicted octanol–water partition coefficient (Wildman–Crippen LogP) is 4.63. The van der Waals surface area contributed by atoms with E-state index in [1.165, 1.54) is 20.8 Å². The molecular weight excluding hydrogens is 396 g/mol. The topological polar surface area (TPSA) is 78.9 Å². The highest BCUT2D eigenvalue weighted by molar-refractivity contribution is 5.73. The maximum atomic E-state index is 11.9. The lowest BCUT2D eigenvalue weighted by atomic mass is 9.55. The number of ether oxygens (including phenoxy) is 3. The summed E-state index contributed by atoms with van der Waals surface area (Å²) in [6.07, 6.45) is 5.78. The molecule has 0 bridgehead atoms. The summed E-state index contributed by atoms with van der Waals surface area (Å²) in [4.78, 5) is 35.1. The molecule has 0 spiro atoms. The Kier molecular flexibility index (Phi) is 5.61. The molecule has 0 radical (unpaired) electrons. The molecule has 6 nitrogen and oxygen atoms in total. The Morgan fingerprint density at radius 3 is 2.26 bits per heavy atom. The van der Waals surface area contributed by atoms with Crippen molar-refractivity contribution in [2.24, 2.45) is 17.3 Å². The van der Waals surface area contributed by atoms with Crippen LogP contribution in [0, 0.1) is 24.2 Å². The van der Waals surface area contributed by atoms with E-state index in [1.807, 2.05) is 6.92 Å². The van der Waals surface area contributed by atoms with Crippen molar-refractivity contribution >= 4 is 17.9 Å². The molecule has 3 aliphatic rings. The first-order valence-corrected chi connectivity index (χ1v) is 11.3. The third-order valence-corrected chi connectivity index (χ3v) is 7.94. The van der Waals surface area contributed by atoms with Crippen LogP contribution in [0.25, 0.3) is 0 Å². The van der Waals surface area contributed by atoms with Crippen LogP contribution in [0.15, 0.2) is 6.07 Å². The van der Waals surface area contributed by atoms with Gasteiger partial charge in [0.15, 0.2) is 0 Å². The van der Waals surface area contributed by atoms with Crippen molar-refractivity contribution in [1.82, 2.24) is 0 Å². The molecule has 0 saturated heterocycles. The molecule has 2 saturated carbocycles. The Labute approximate surface area is 183 Å². The first kappa shape index (κ1) is 21.8. The molecule has 5 atom stereocenters. The van der Waals surface area contributed by atoms with E-state index in [0.29, 0.717) is 23.3 Å². The Bertz CT molecular complexity index is 934. The highest BCUT2D eigenvalue weighted by Crippen LogP contribution is 2.63. The van der Waals surface area contributed by atoms with Crippen LogP contribution in [-0.4, -0.2) is 24.0 Å². The lowest BCUT2D eigenvalue weighted by Gasteiger charge is -2.50. The number of carbonyl (C=O) groups excluding carboxylic acids is 3. The highest BCUT2D eigenvalue weighted by Gasteiger charge is 2.56. The quantitative estimate of drug-likeness (QED) is 0.516. The summed E-state index contributed by atoms with van der Waals surface area (Å²) in [5, 5.41) is 0. The Balaban J connectivity index is 1.73. The van der Waals surface area contributed by atoms with Crippen molar-refractivity contribution < 1.29 is 28.6 Å². The molecule has 2 fully saturated rings. The molecule has 4 rings (SSSR count). The summed E-state index contributed by atoms with van der Waals surface area (Å²) < 4.78 is 16.8. The van der Waals surface area contributed by atoms with E-state index in [0.717, 1.165) is 55.2 Å². The molecule has 0 unspecified atom stereocenters. The molecule has 3 aliphatic carbocycles. The van der Waals surface area contributed by atoms with Crippen molar-refractivity contribution in [3.8, 4) is 11.5 Å². The van der Waals surface area contributed by atoms with Gasteiger partial charge in [0.2, 0.25) is 0 Å². The summed E-state index contributed by atoms with van der Waals surface area (Å²) in [6.45, 7) is 8.53. The third kappa shape index (κ3) is 3.74. The first-order chi connectivity index (χ1) is 14.6. The van der Waals surface area contributed by atoms with Crippen LogP contribution in [0.5, 0.6) is 11.5 Å². The fraction of sp³-hybridized carbons (Fsp3) is 0.640. The van der Waals surface area contributed by atoms with Gasteiger partial charge in [-0.2, -0.15) is 0 Å². The zero-order valence-electron chi connectivity index (χ0n) is 19.1. The molecule has 31 heavy (non-hydrogen) atoms. The Morgan fingerprint density at radius 1 is 0.935 bits per heavy atom. The number of hydrogen-bond donors (Lipinski definition) is 0. The molecular formula is C25H32O6. The van der Waals surface area contributed by atoms with Gasteiger partial charge in [-0.05, 0) is 74.3 Å². The molecule has 0 aliphatic heterocycles. The van der Waals surface area contributed by atoms with Gasteiger partial charge in [-0.1, -0.05) is 6.92 Å². The average molecular weight is 429 g/mol. The van der Waals surface area contributed by atoms with Crippen LogP contribution in [0.3, 0.4) is 0 Å². The van der Waals surface area contributed by atoms with Gasteiger partial charge in [-0.25, -0.2) is 0 Å². The molecule has 168 valence electrons. The second-order valence-electron chi connectivity index (χ2n) is 9.71. The predicted molar refractivity (Wildman–Crippen MR) is 114 cm³/mol. The zero-order chi connectivity index (χ0) is 22.5. The molecule has 0 amide bonds. The smallest absolute Gasteiger partial charge is 0.308 e. The van der Waals surface area contributed by atoms with Gasteiger partial charge in [0.1, 0.15) is 17.6 Å². The van der Waals surface area contributed by atoms with Crippen LogP contribution < -0.4 is 9.47 Å². The number of esters is 3. The monoisotopic (exact) mass is 428 g/mol. The van der Waals surface area contributed by atoms with E-state index in [9.17, 15) is 14.4 Å². The summed E-state index contributed by atoms with van der Waals surface area (Å²) in [5.74, 6) is 1.25. The first-order valence-electron chi connectivity index (χ1n) is 11.3. The normalized spacial score (nSPS) is 31.1. The SMILES string of the molecule is CC(=O)Oc1cc(OC(C)=O)c2c(c1C)CC[C@H]1[C@H]3CC[C@H](OC(C)=O)[C@]3(C)CC[C@@H]21. The number of hydrogen-bond acceptors (Lipinski definition) is 6. The van der Waals surface area contributed by atoms with Gasteiger partial charge in [0.25, 0.3) is 0 Å². The lowest BCUT2D eigenvalue weighted by molar-refractivity contribution is -0.154. The third-order valence-electron chi connectivity index (χ3n) is 7.94. The van der Waals surface area contributed by atoms with Crippen LogP contribution in [0.4, 0.5) is 0 Å². The molecule has 0 heterocycles. The van der Waals surface area contributed by atoms with E-state index in [4.69, 9.17) is 14.2 Å². The van der Waals surface area contributed by atoms with Crippen LogP contribution in [0.2, 0.25) is 0 Å². The van der Waals surface area contributed by atoms with Crippen molar-refractivity contribution in [3.05, 3.63) is 22.8 Å². The second-order valence-corrected chi connectivity index (χ2v) is 9.71. The van der Waals surface area contributed by atoms with Crippen molar-refractivity contribution in [2.75, 3.05) is 0 Å². The van der Waals surface area contributed by atoms with E-state index >= 15 is 0 Å². The minimum absolute atomic E-state index is 0.00133. The van der Waals surface area contributed by atoms with Crippen molar-refractivity contribution in [3.63, 3.8) is 0 Å². The number of carbonyl (C=O) groups is 3. The summed E-state index contributed by atoms with van der Waals surface area (Å²) in [6, 6.07) is 1.71. The molecule has 0 aromatic heterocycles. The van der Waals surface area contributed by atoms with Crippen molar-refractivity contribution in [1.29, 1.82) is 0 Å². The fourth-order valence-corrected chi connectivity index (χ4v) is 6.74. The highest BCUT2D eigenvalue weighted by atomic mass is 16.5. The molecule has 1 aromatic rings.